The molecule has 0 saturated carbocycles. The van der Waals surface area contributed by atoms with Gasteiger partial charge in [0.05, 0.1) is 13.2 Å². The Kier molecular flexibility index (Phi) is 9.12. The standard InChI is InChI=1S/C32H28O6S3/c33-17-19-1-5-21(6-2-19)27-15-23(9-13-29(35)36)31(40-27)25-11-12-26(39-25)32-24(10-14-30(37)38)16-28(41-32)22-7-3-20(18-34)4-8-22/h1-8,11-12,15-16,33-34H,9-10,13-14,17-18H2,(H,35,36)(H,37,38). The fourth-order valence-electron chi connectivity index (χ4n) is 4.54. The average Bonchev–Trinajstić information content (AvgIpc) is 3.73. The molecule has 0 fully saturated rings. The summed E-state index contributed by atoms with van der Waals surface area (Å²) in [5.74, 6) is -1.69. The summed E-state index contributed by atoms with van der Waals surface area (Å²) in [4.78, 5) is 29.0. The van der Waals surface area contributed by atoms with E-state index in [1.54, 1.807) is 34.0 Å². The van der Waals surface area contributed by atoms with Crippen LogP contribution >= 0.6 is 34.0 Å². The first-order valence-electron chi connectivity index (χ1n) is 13.0. The predicted octanol–water partition coefficient (Wildman–Crippen LogP) is 7.56. The number of aryl methyl sites for hydroxylation is 2. The van der Waals surface area contributed by atoms with Gasteiger partial charge in [0.2, 0.25) is 0 Å². The summed E-state index contributed by atoms with van der Waals surface area (Å²) in [6.45, 7) is -0.0463. The van der Waals surface area contributed by atoms with Crippen molar-refractivity contribution in [1.82, 2.24) is 0 Å². The number of carboxylic acids is 2. The van der Waals surface area contributed by atoms with Gasteiger partial charge in [0.25, 0.3) is 0 Å². The first kappa shape index (κ1) is 28.9. The second-order valence-electron chi connectivity index (χ2n) is 9.59. The van der Waals surface area contributed by atoms with Crippen molar-refractivity contribution in [2.24, 2.45) is 0 Å². The molecule has 0 bridgehead atoms. The van der Waals surface area contributed by atoms with Crippen molar-refractivity contribution in [3.8, 4) is 40.4 Å². The van der Waals surface area contributed by atoms with Crippen LogP contribution in [0.1, 0.15) is 35.1 Å². The van der Waals surface area contributed by atoms with Crippen molar-refractivity contribution in [2.75, 3.05) is 0 Å². The van der Waals surface area contributed by atoms with E-state index < -0.39 is 11.9 Å². The third kappa shape index (κ3) is 6.83. The van der Waals surface area contributed by atoms with Crippen molar-refractivity contribution >= 4 is 45.9 Å². The van der Waals surface area contributed by atoms with E-state index in [9.17, 15) is 30.0 Å². The lowest BCUT2D eigenvalue weighted by atomic mass is 10.1. The van der Waals surface area contributed by atoms with Gasteiger partial charge in [-0.3, -0.25) is 9.59 Å². The number of rotatable bonds is 12. The van der Waals surface area contributed by atoms with E-state index in [1.807, 2.05) is 48.5 Å². The third-order valence-corrected chi connectivity index (χ3v) is 10.6. The summed E-state index contributed by atoms with van der Waals surface area (Å²) in [6, 6.07) is 23.7. The van der Waals surface area contributed by atoms with Crippen LogP contribution in [-0.2, 0) is 35.6 Å². The summed E-state index contributed by atoms with van der Waals surface area (Å²) in [5.41, 5.74) is 5.65. The highest BCUT2D eigenvalue weighted by molar-refractivity contribution is 7.28. The molecular weight excluding hydrogens is 577 g/mol. The van der Waals surface area contributed by atoms with Gasteiger partial charge in [0.15, 0.2) is 0 Å². The van der Waals surface area contributed by atoms with Crippen LogP contribution < -0.4 is 0 Å². The molecule has 0 saturated heterocycles. The van der Waals surface area contributed by atoms with Gasteiger partial charge in [-0.15, -0.1) is 34.0 Å². The van der Waals surface area contributed by atoms with Crippen LogP contribution in [0.15, 0.2) is 72.8 Å². The van der Waals surface area contributed by atoms with Crippen LogP contribution in [0.3, 0.4) is 0 Å². The van der Waals surface area contributed by atoms with Gasteiger partial charge in [-0.25, -0.2) is 0 Å². The number of aliphatic hydroxyl groups excluding tert-OH is 2. The van der Waals surface area contributed by atoms with Gasteiger partial charge in [-0.2, -0.15) is 0 Å². The highest BCUT2D eigenvalue weighted by atomic mass is 32.1. The van der Waals surface area contributed by atoms with Gasteiger partial charge in [-0.1, -0.05) is 48.5 Å². The zero-order valence-electron chi connectivity index (χ0n) is 22.0. The molecule has 3 aromatic heterocycles. The van der Waals surface area contributed by atoms with E-state index in [0.717, 1.165) is 62.6 Å². The lowest BCUT2D eigenvalue weighted by molar-refractivity contribution is -0.138. The van der Waals surface area contributed by atoms with Crippen LogP contribution in [0.25, 0.3) is 40.4 Å². The van der Waals surface area contributed by atoms with Crippen molar-refractivity contribution in [3.63, 3.8) is 0 Å². The lowest BCUT2D eigenvalue weighted by Crippen LogP contribution is -1.97. The largest absolute Gasteiger partial charge is 0.481 e. The zero-order valence-corrected chi connectivity index (χ0v) is 24.5. The van der Waals surface area contributed by atoms with E-state index in [-0.39, 0.29) is 26.1 Å². The smallest absolute Gasteiger partial charge is 0.303 e. The van der Waals surface area contributed by atoms with E-state index in [1.165, 1.54) is 0 Å². The fraction of sp³-hybridized carbons (Fsp3) is 0.188. The molecule has 3 heterocycles. The third-order valence-electron chi connectivity index (χ3n) is 6.73. The van der Waals surface area contributed by atoms with Crippen LogP contribution in [0, 0.1) is 0 Å². The molecular formula is C32H28O6S3. The topological polar surface area (TPSA) is 115 Å². The van der Waals surface area contributed by atoms with Crippen molar-refractivity contribution < 1.29 is 30.0 Å². The molecule has 0 aliphatic carbocycles. The summed E-state index contributed by atoms with van der Waals surface area (Å²) >= 11 is 4.87. The average molecular weight is 605 g/mol. The lowest BCUT2D eigenvalue weighted by Gasteiger charge is -2.01. The van der Waals surface area contributed by atoms with Crippen LogP contribution in [0.5, 0.6) is 0 Å². The zero-order chi connectivity index (χ0) is 28.9. The molecule has 41 heavy (non-hydrogen) atoms. The molecule has 9 heteroatoms. The molecule has 2 aromatic carbocycles. The second-order valence-corrected chi connectivity index (χ2v) is 12.8. The highest BCUT2D eigenvalue weighted by Gasteiger charge is 2.19. The fourth-order valence-corrected chi connectivity index (χ4v) is 8.27. The van der Waals surface area contributed by atoms with Gasteiger partial charge < -0.3 is 20.4 Å². The van der Waals surface area contributed by atoms with Gasteiger partial charge >= 0.3 is 11.9 Å². The number of benzene rings is 2. The highest BCUT2D eigenvalue weighted by Crippen LogP contribution is 2.47. The van der Waals surface area contributed by atoms with Gasteiger partial charge in [0.1, 0.15) is 0 Å². The normalized spacial score (nSPS) is 11.2. The first-order chi connectivity index (χ1) is 19.8. The number of carboxylic acid groups (broad SMARTS) is 2. The maximum absolute atomic E-state index is 11.4. The molecule has 0 amide bonds. The summed E-state index contributed by atoms with van der Waals surface area (Å²) < 4.78 is 0. The maximum Gasteiger partial charge on any atom is 0.303 e. The maximum atomic E-state index is 11.4. The molecule has 4 N–H and O–H groups in total. The first-order valence-corrected chi connectivity index (χ1v) is 15.5. The molecule has 5 aromatic rings. The minimum Gasteiger partial charge on any atom is -0.481 e. The van der Waals surface area contributed by atoms with Crippen molar-refractivity contribution in [2.45, 2.75) is 38.9 Å². The van der Waals surface area contributed by atoms with E-state index >= 15 is 0 Å². The van der Waals surface area contributed by atoms with Crippen LogP contribution in [0.4, 0.5) is 0 Å². The molecule has 210 valence electrons. The Morgan fingerprint density at radius 2 is 0.927 bits per heavy atom. The molecule has 5 rings (SSSR count). The van der Waals surface area contributed by atoms with E-state index in [4.69, 9.17) is 0 Å². The molecule has 0 spiro atoms. The summed E-state index contributed by atoms with van der Waals surface area (Å²) in [5, 5.41) is 37.5. The van der Waals surface area contributed by atoms with Crippen LogP contribution in [-0.4, -0.2) is 32.4 Å². The van der Waals surface area contributed by atoms with E-state index in [0.29, 0.717) is 12.8 Å². The molecule has 0 aliphatic rings. The number of aliphatic hydroxyl groups is 2. The molecule has 0 radical (unpaired) electrons. The van der Waals surface area contributed by atoms with Crippen LogP contribution in [0.2, 0.25) is 0 Å². The molecule has 0 aliphatic heterocycles. The Bertz CT molecular complexity index is 1540. The SMILES string of the molecule is O=C(O)CCc1cc(-c2ccc(CO)cc2)sc1-c1ccc(-c2sc(-c3ccc(CO)cc3)cc2CCC(=O)O)s1. The quantitative estimate of drug-likeness (QED) is 0.117. The molecule has 0 atom stereocenters. The number of aliphatic carboxylic acids is 2. The Morgan fingerprint density at radius 3 is 1.27 bits per heavy atom. The predicted molar refractivity (Wildman–Crippen MR) is 166 cm³/mol. The number of carbonyl (C=O) groups is 2. The summed E-state index contributed by atoms with van der Waals surface area (Å²) in [7, 11) is 0. The summed E-state index contributed by atoms with van der Waals surface area (Å²) in [6.07, 6.45) is 0.904. The second kappa shape index (κ2) is 12.9. The van der Waals surface area contributed by atoms with E-state index in [2.05, 4.69) is 24.3 Å². The minimum absolute atomic E-state index is 0.0232. The Labute approximate surface area is 249 Å². The number of hydrogen-bond acceptors (Lipinski definition) is 7. The molecule has 6 nitrogen and oxygen atoms in total. The van der Waals surface area contributed by atoms with Crippen molar-refractivity contribution in [1.29, 1.82) is 0 Å². The number of thiophene rings is 3. The Morgan fingerprint density at radius 1 is 0.537 bits per heavy atom. The Balaban J connectivity index is 1.52. The molecule has 0 unspecified atom stereocenters. The van der Waals surface area contributed by atoms with Gasteiger partial charge in [-0.05, 0) is 70.5 Å². The van der Waals surface area contributed by atoms with Crippen molar-refractivity contribution in [3.05, 3.63) is 95.1 Å². The Hall–Kier alpha value is -3.60. The monoisotopic (exact) mass is 604 g/mol. The van der Waals surface area contributed by atoms with Gasteiger partial charge in [0, 0.05) is 42.1 Å². The number of hydrogen-bond donors (Lipinski definition) is 4. The minimum atomic E-state index is -0.843.